The summed E-state index contributed by atoms with van der Waals surface area (Å²) in [5, 5.41) is 8.80. The van der Waals surface area contributed by atoms with Gasteiger partial charge in [-0.15, -0.1) is 0 Å². The Balaban J connectivity index is 2.20. The van der Waals surface area contributed by atoms with Gasteiger partial charge < -0.3 is 5.11 Å². The van der Waals surface area contributed by atoms with E-state index in [0.717, 1.165) is 5.56 Å². The van der Waals surface area contributed by atoms with Crippen LogP contribution in [0.5, 0.6) is 0 Å². The van der Waals surface area contributed by atoms with Crippen LogP contribution in [0.15, 0.2) is 53.7 Å². The minimum atomic E-state index is -3.71. The van der Waals surface area contributed by atoms with E-state index in [-0.39, 0.29) is 10.5 Å². The Morgan fingerprint density at radius 2 is 1.71 bits per heavy atom. The van der Waals surface area contributed by atoms with Gasteiger partial charge in [0.2, 0.25) is 10.0 Å². The number of aromatic nitrogens is 1. The minimum Gasteiger partial charge on any atom is -0.478 e. The molecule has 1 aromatic carbocycles. The highest BCUT2D eigenvalue weighted by Gasteiger charge is 2.18. The highest BCUT2D eigenvalue weighted by Crippen LogP contribution is 2.16. The van der Waals surface area contributed by atoms with Gasteiger partial charge in [-0.1, -0.05) is 0 Å². The summed E-state index contributed by atoms with van der Waals surface area (Å²) in [6, 6.07) is 8.08. The molecule has 0 amide bonds. The number of hydrogen-bond donors (Lipinski definition) is 2. The van der Waals surface area contributed by atoms with E-state index in [1.165, 1.54) is 24.3 Å². The molecule has 0 saturated heterocycles. The third-order valence-corrected chi connectivity index (χ3v) is 4.51. The first kappa shape index (κ1) is 15.1. The second kappa shape index (κ2) is 6.02. The Kier molecular flexibility index (Phi) is 4.35. The van der Waals surface area contributed by atoms with E-state index in [0.29, 0.717) is 0 Å². The summed E-state index contributed by atoms with van der Waals surface area (Å²) < 4.78 is 27.0. The number of nitrogens with zero attached hydrogens (tertiary/aromatic N) is 1. The Bertz CT molecular complexity index is 727. The summed E-state index contributed by atoms with van der Waals surface area (Å²) in [6.07, 6.45) is 3.17. The van der Waals surface area contributed by atoms with Crippen LogP contribution in [0.1, 0.15) is 28.9 Å². The lowest BCUT2D eigenvalue weighted by Crippen LogP contribution is -2.26. The van der Waals surface area contributed by atoms with E-state index < -0.39 is 22.0 Å². The van der Waals surface area contributed by atoms with Gasteiger partial charge in [-0.3, -0.25) is 4.98 Å². The summed E-state index contributed by atoms with van der Waals surface area (Å²) in [4.78, 5) is 14.7. The lowest BCUT2D eigenvalue weighted by Gasteiger charge is -2.14. The first-order chi connectivity index (χ1) is 9.90. The molecule has 0 fully saturated rings. The van der Waals surface area contributed by atoms with Crippen molar-refractivity contribution < 1.29 is 18.3 Å². The maximum Gasteiger partial charge on any atom is 0.335 e. The number of carboxylic acids is 1. The van der Waals surface area contributed by atoms with Crippen molar-refractivity contribution in [3.63, 3.8) is 0 Å². The number of hydrogen-bond acceptors (Lipinski definition) is 4. The highest BCUT2D eigenvalue weighted by molar-refractivity contribution is 7.89. The summed E-state index contributed by atoms with van der Waals surface area (Å²) >= 11 is 0. The minimum absolute atomic E-state index is 0.0217. The number of sulfonamides is 1. The summed E-state index contributed by atoms with van der Waals surface area (Å²) in [6.45, 7) is 1.72. The molecule has 0 bridgehead atoms. The molecule has 2 aromatic rings. The monoisotopic (exact) mass is 306 g/mol. The van der Waals surface area contributed by atoms with Crippen LogP contribution in [0.3, 0.4) is 0 Å². The number of benzene rings is 1. The van der Waals surface area contributed by atoms with Gasteiger partial charge in [0.25, 0.3) is 0 Å². The molecule has 0 aliphatic carbocycles. The molecule has 110 valence electrons. The van der Waals surface area contributed by atoms with Gasteiger partial charge in [-0.2, -0.15) is 0 Å². The number of carboxylic acid groups (broad SMARTS) is 1. The van der Waals surface area contributed by atoms with Crippen molar-refractivity contribution in [2.45, 2.75) is 17.9 Å². The smallest absolute Gasteiger partial charge is 0.335 e. The molecule has 0 aliphatic rings. The van der Waals surface area contributed by atoms with Crippen LogP contribution < -0.4 is 4.72 Å². The zero-order valence-electron chi connectivity index (χ0n) is 11.2. The van der Waals surface area contributed by atoms with Crippen LogP contribution in [0, 0.1) is 0 Å². The normalized spacial score (nSPS) is 12.8. The predicted octanol–water partition coefficient (Wildman–Crippen LogP) is 1.82. The topological polar surface area (TPSA) is 96.4 Å². The molecular weight excluding hydrogens is 292 g/mol. The summed E-state index contributed by atoms with van der Waals surface area (Å²) in [5.74, 6) is -1.10. The molecule has 0 radical (unpaired) electrons. The van der Waals surface area contributed by atoms with Crippen molar-refractivity contribution >= 4 is 16.0 Å². The van der Waals surface area contributed by atoms with Crippen LogP contribution in [0.4, 0.5) is 0 Å². The fraction of sp³-hybridized carbons (Fsp3) is 0.143. The standard InChI is InChI=1S/C14H14N2O4S/c1-10(11-6-8-15-9-7-11)16-21(19,20)13-4-2-12(3-5-13)14(17)18/h2-10,16H,1H3,(H,17,18)/t10-/m1/s1. The molecule has 2 N–H and O–H groups in total. The van der Waals surface area contributed by atoms with Gasteiger partial charge >= 0.3 is 5.97 Å². The van der Waals surface area contributed by atoms with E-state index in [4.69, 9.17) is 5.11 Å². The van der Waals surface area contributed by atoms with Crippen molar-refractivity contribution in [3.05, 3.63) is 59.9 Å². The number of rotatable bonds is 5. The number of carbonyl (C=O) groups is 1. The zero-order chi connectivity index (χ0) is 15.5. The molecule has 1 atom stereocenters. The first-order valence-electron chi connectivity index (χ1n) is 6.16. The Morgan fingerprint density at radius 3 is 2.24 bits per heavy atom. The van der Waals surface area contributed by atoms with Gasteiger partial charge in [0, 0.05) is 18.4 Å². The molecule has 0 unspecified atom stereocenters. The van der Waals surface area contributed by atoms with Gasteiger partial charge in [0.15, 0.2) is 0 Å². The predicted molar refractivity (Wildman–Crippen MR) is 76.4 cm³/mol. The molecule has 21 heavy (non-hydrogen) atoms. The second-order valence-corrected chi connectivity index (χ2v) is 6.17. The molecule has 1 heterocycles. The van der Waals surface area contributed by atoms with Crippen molar-refractivity contribution in [1.82, 2.24) is 9.71 Å². The van der Waals surface area contributed by atoms with Crippen LogP contribution in [0.2, 0.25) is 0 Å². The molecule has 7 heteroatoms. The maximum atomic E-state index is 12.2. The van der Waals surface area contributed by atoms with E-state index in [9.17, 15) is 13.2 Å². The van der Waals surface area contributed by atoms with Crippen molar-refractivity contribution in [1.29, 1.82) is 0 Å². The van der Waals surface area contributed by atoms with E-state index in [1.807, 2.05) is 0 Å². The molecule has 0 saturated carbocycles. The summed E-state index contributed by atoms with van der Waals surface area (Å²) in [7, 11) is -3.71. The van der Waals surface area contributed by atoms with Crippen LogP contribution >= 0.6 is 0 Å². The average Bonchev–Trinajstić information content (AvgIpc) is 2.48. The average molecular weight is 306 g/mol. The second-order valence-electron chi connectivity index (χ2n) is 4.45. The number of nitrogens with one attached hydrogen (secondary N) is 1. The highest BCUT2D eigenvalue weighted by atomic mass is 32.2. The lowest BCUT2D eigenvalue weighted by atomic mass is 10.1. The van der Waals surface area contributed by atoms with Gasteiger partial charge in [0.05, 0.1) is 10.5 Å². The molecule has 1 aromatic heterocycles. The zero-order valence-corrected chi connectivity index (χ0v) is 12.0. The van der Waals surface area contributed by atoms with Crippen molar-refractivity contribution in [3.8, 4) is 0 Å². The van der Waals surface area contributed by atoms with Crippen LogP contribution in [-0.2, 0) is 10.0 Å². The lowest BCUT2D eigenvalue weighted by molar-refractivity contribution is 0.0696. The molecule has 2 rings (SSSR count). The third-order valence-electron chi connectivity index (χ3n) is 2.95. The van der Waals surface area contributed by atoms with Gasteiger partial charge in [-0.05, 0) is 48.9 Å². The van der Waals surface area contributed by atoms with E-state index >= 15 is 0 Å². The van der Waals surface area contributed by atoms with Crippen LogP contribution in [-0.4, -0.2) is 24.5 Å². The first-order valence-corrected chi connectivity index (χ1v) is 7.64. The number of pyridine rings is 1. The fourth-order valence-electron chi connectivity index (χ4n) is 1.80. The Hall–Kier alpha value is -2.25. The Labute approximate surface area is 122 Å². The molecule has 0 aliphatic heterocycles. The van der Waals surface area contributed by atoms with Gasteiger partial charge in [-0.25, -0.2) is 17.9 Å². The molecule has 0 spiro atoms. The third kappa shape index (κ3) is 3.65. The molecule has 6 nitrogen and oxygen atoms in total. The largest absolute Gasteiger partial charge is 0.478 e. The maximum absolute atomic E-state index is 12.2. The molecular formula is C14H14N2O4S. The quantitative estimate of drug-likeness (QED) is 0.878. The number of aromatic carboxylic acids is 1. The SMILES string of the molecule is C[C@@H](NS(=O)(=O)c1ccc(C(=O)O)cc1)c1ccncc1. The summed E-state index contributed by atoms with van der Waals surface area (Å²) in [5.41, 5.74) is 0.826. The van der Waals surface area contributed by atoms with Crippen LogP contribution in [0.25, 0.3) is 0 Å². The van der Waals surface area contributed by atoms with E-state index in [1.54, 1.807) is 31.5 Å². The van der Waals surface area contributed by atoms with Crippen molar-refractivity contribution in [2.24, 2.45) is 0 Å². The van der Waals surface area contributed by atoms with Crippen molar-refractivity contribution in [2.75, 3.05) is 0 Å². The van der Waals surface area contributed by atoms with Gasteiger partial charge in [0.1, 0.15) is 0 Å². The fourth-order valence-corrected chi connectivity index (χ4v) is 3.03. The van der Waals surface area contributed by atoms with E-state index in [2.05, 4.69) is 9.71 Å². The Morgan fingerprint density at radius 1 is 1.14 bits per heavy atom.